The van der Waals surface area contributed by atoms with Gasteiger partial charge in [-0.3, -0.25) is 0 Å². The van der Waals surface area contributed by atoms with Gasteiger partial charge < -0.3 is 9.66 Å². The van der Waals surface area contributed by atoms with E-state index in [1.807, 2.05) is 48.5 Å². The minimum atomic E-state index is -0.971. The van der Waals surface area contributed by atoms with Gasteiger partial charge in [0.25, 0.3) is 0 Å². The maximum absolute atomic E-state index is 11.5. The van der Waals surface area contributed by atoms with Crippen LogP contribution < -0.4 is 0 Å². The Kier molecular flexibility index (Phi) is 3.99. The van der Waals surface area contributed by atoms with Crippen LogP contribution in [-0.4, -0.2) is 15.9 Å². The zero-order chi connectivity index (χ0) is 14.0. The molecule has 2 aromatic rings. The fourth-order valence-corrected chi connectivity index (χ4v) is 2.49. The number of benzene rings is 2. The summed E-state index contributed by atoms with van der Waals surface area (Å²) in [5.41, 5.74) is 2.15. The molecule has 0 aliphatic carbocycles. The van der Waals surface area contributed by atoms with Crippen molar-refractivity contribution in [3.05, 3.63) is 54.1 Å². The normalized spacial score (nSPS) is 13.3. The summed E-state index contributed by atoms with van der Waals surface area (Å²) < 4.78 is 11.5. The van der Waals surface area contributed by atoms with Crippen LogP contribution >= 0.6 is 0 Å². The molecule has 0 aromatic heterocycles. The Labute approximate surface area is 117 Å². The van der Waals surface area contributed by atoms with E-state index < -0.39 is 16.8 Å². The van der Waals surface area contributed by atoms with Crippen molar-refractivity contribution < 1.29 is 9.66 Å². The maximum Gasteiger partial charge on any atom is 0.153 e. The van der Waals surface area contributed by atoms with E-state index in [-0.39, 0.29) is 0 Å². The first-order chi connectivity index (χ1) is 8.88. The minimum absolute atomic E-state index is 0.823. The molecule has 19 heavy (non-hydrogen) atoms. The summed E-state index contributed by atoms with van der Waals surface area (Å²) in [4.78, 5) is 0.823. The van der Waals surface area contributed by atoms with Crippen molar-refractivity contribution >= 4 is 11.2 Å². The smallest absolute Gasteiger partial charge is 0.153 e. The Bertz CT molecular complexity index is 554. The first kappa shape index (κ1) is 14.1. The van der Waals surface area contributed by atoms with Gasteiger partial charge in [-0.25, -0.2) is 0 Å². The molecule has 2 nitrogen and oxygen atoms in total. The molecule has 0 spiro atoms. The molecule has 0 fully saturated rings. The molecular weight excluding hydrogens is 256 g/mol. The number of hydrogen-bond acceptors (Lipinski definition) is 2. The number of hydrogen-bond donors (Lipinski definition) is 1. The quantitative estimate of drug-likeness (QED) is 0.873. The van der Waals surface area contributed by atoms with E-state index in [1.165, 1.54) is 0 Å². The van der Waals surface area contributed by atoms with Gasteiger partial charge >= 0.3 is 0 Å². The van der Waals surface area contributed by atoms with E-state index in [2.05, 4.69) is 0 Å². The molecule has 0 amide bonds. The Morgan fingerprint density at radius 1 is 1.00 bits per heavy atom. The van der Waals surface area contributed by atoms with E-state index in [9.17, 15) is 9.66 Å². The lowest BCUT2D eigenvalue weighted by Crippen LogP contribution is -2.14. The van der Waals surface area contributed by atoms with Gasteiger partial charge in [-0.1, -0.05) is 36.4 Å². The molecule has 100 valence electrons. The van der Waals surface area contributed by atoms with E-state index in [4.69, 9.17) is 0 Å². The van der Waals surface area contributed by atoms with Crippen LogP contribution in [0.15, 0.2) is 53.4 Å². The zero-order valence-corrected chi connectivity index (χ0v) is 12.2. The lowest BCUT2D eigenvalue weighted by atomic mass is 9.95. The lowest BCUT2D eigenvalue weighted by Gasteiger charge is -2.18. The Balaban J connectivity index is 2.35. The fourth-order valence-electron chi connectivity index (χ4n) is 1.93. The summed E-state index contributed by atoms with van der Waals surface area (Å²) in [6.07, 6.45) is 1.68. The van der Waals surface area contributed by atoms with E-state index in [1.54, 1.807) is 20.1 Å². The summed E-state index contributed by atoms with van der Waals surface area (Å²) in [5, 5.41) is 9.93. The fraction of sp³-hybridized carbons (Fsp3) is 0.250. The maximum atomic E-state index is 11.5. The van der Waals surface area contributed by atoms with Crippen molar-refractivity contribution in [1.82, 2.24) is 0 Å². The van der Waals surface area contributed by atoms with Crippen LogP contribution in [0.2, 0.25) is 0 Å². The van der Waals surface area contributed by atoms with Gasteiger partial charge in [0, 0.05) is 6.07 Å². The van der Waals surface area contributed by atoms with Crippen LogP contribution in [-0.2, 0) is 16.8 Å². The highest BCUT2D eigenvalue weighted by atomic mass is 32.2. The Morgan fingerprint density at radius 2 is 1.63 bits per heavy atom. The molecule has 2 rings (SSSR count). The van der Waals surface area contributed by atoms with Crippen LogP contribution in [0.25, 0.3) is 11.1 Å². The van der Waals surface area contributed by atoms with Crippen LogP contribution in [0.5, 0.6) is 0 Å². The van der Waals surface area contributed by atoms with Crippen molar-refractivity contribution in [2.45, 2.75) is 24.3 Å². The van der Waals surface area contributed by atoms with E-state index >= 15 is 0 Å². The Hall–Kier alpha value is -1.29. The number of rotatable bonds is 3. The molecule has 1 N–H and O–H groups in total. The van der Waals surface area contributed by atoms with Gasteiger partial charge in [-0.05, 0) is 47.8 Å². The molecule has 3 heteroatoms. The predicted octanol–water partition coefficient (Wildman–Crippen LogP) is 3.32. The van der Waals surface area contributed by atoms with Gasteiger partial charge in [0.15, 0.2) is 4.90 Å². The summed E-state index contributed by atoms with van der Waals surface area (Å²) in [6, 6.07) is 15.5. The second kappa shape index (κ2) is 5.37. The van der Waals surface area contributed by atoms with Crippen LogP contribution in [0, 0.1) is 0 Å². The molecule has 1 unspecified atom stereocenters. The van der Waals surface area contributed by atoms with Gasteiger partial charge in [-0.2, -0.15) is 0 Å². The molecule has 0 saturated heterocycles. The first-order valence-corrected chi connectivity index (χ1v) is 7.70. The van der Waals surface area contributed by atoms with Crippen molar-refractivity contribution in [2.75, 3.05) is 6.26 Å². The standard InChI is InChI=1S/C16H18O2S/c1-16(2,17)14-9-7-12(8-10-14)13-5-4-6-15(11-13)19(3)18/h4-11,17H,1-3H3. The van der Waals surface area contributed by atoms with Crippen molar-refractivity contribution in [3.63, 3.8) is 0 Å². The third-order valence-corrected chi connectivity index (χ3v) is 4.01. The SMILES string of the molecule is C[S+]([O-])c1cccc(-c2ccc(C(C)(C)O)cc2)c1. The topological polar surface area (TPSA) is 43.3 Å². The molecule has 0 bridgehead atoms. The lowest BCUT2D eigenvalue weighted by molar-refractivity contribution is 0.0786. The van der Waals surface area contributed by atoms with Gasteiger partial charge in [0.2, 0.25) is 0 Å². The third kappa shape index (κ3) is 3.38. The van der Waals surface area contributed by atoms with Gasteiger partial charge in [0.1, 0.15) is 6.26 Å². The highest BCUT2D eigenvalue weighted by Crippen LogP contribution is 2.26. The first-order valence-electron chi connectivity index (χ1n) is 6.15. The molecule has 0 radical (unpaired) electrons. The highest BCUT2D eigenvalue weighted by molar-refractivity contribution is 7.90. The second-order valence-corrected chi connectivity index (χ2v) is 6.50. The summed E-state index contributed by atoms with van der Waals surface area (Å²) >= 11 is -0.971. The van der Waals surface area contributed by atoms with Crippen molar-refractivity contribution in [1.29, 1.82) is 0 Å². The average Bonchev–Trinajstić information content (AvgIpc) is 2.38. The predicted molar refractivity (Wildman–Crippen MR) is 79.5 cm³/mol. The summed E-state index contributed by atoms with van der Waals surface area (Å²) in [6.45, 7) is 3.53. The monoisotopic (exact) mass is 274 g/mol. The molecule has 2 aromatic carbocycles. The highest BCUT2D eigenvalue weighted by Gasteiger charge is 2.15. The average molecular weight is 274 g/mol. The van der Waals surface area contributed by atoms with Crippen LogP contribution in [0.4, 0.5) is 0 Å². The van der Waals surface area contributed by atoms with E-state index in [0.717, 1.165) is 21.6 Å². The summed E-state index contributed by atoms with van der Waals surface area (Å²) in [5.74, 6) is 0. The zero-order valence-electron chi connectivity index (χ0n) is 11.4. The molecule has 0 aliphatic rings. The van der Waals surface area contributed by atoms with Gasteiger partial charge in [-0.15, -0.1) is 0 Å². The molecule has 0 heterocycles. The minimum Gasteiger partial charge on any atom is -0.612 e. The molecule has 0 aliphatic heterocycles. The molecular formula is C16H18O2S. The van der Waals surface area contributed by atoms with Crippen molar-refractivity contribution in [3.8, 4) is 11.1 Å². The molecule has 1 atom stereocenters. The van der Waals surface area contributed by atoms with E-state index in [0.29, 0.717) is 0 Å². The van der Waals surface area contributed by atoms with Crippen LogP contribution in [0.3, 0.4) is 0 Å². The summed E-state index contributed by atoms with van der Waals surface area (Å²) in [7, 11) is 0. The second-order valence-electron chi connectivity index (χ2n) is 5.12. The van der Waals surface area contributed by atoms with Gasteiger partial charge in [0.05, 0.1) is 5.60 Å². The third-order valence-electron chi connectivity index (χ3n) is 3.09. The van der Waals surface area contributed by atoms with Crippen molar-refractivity contribution in [2.24, 2.45) is 0 Å². The number of aliphatic hydroxyl groups is 1. The van der Waals surface area contributed by atoms with Crippen LogP contribution in [0.1, 0.15) is 19.4 Å². The Morgan fingerprint density at radius 3 is 2.16 bits per heavy atom. The molecule has 0 saturated carbocycles. The largest absolute Gasteiger partial charge is 0.612 e.